The highest BCUT2D eigenvalue weighted by Gasteiger charge is 2.43. The van der Waals surface area contributed by atoms with E-state index >= 15 is 0 Å². The number of allylic oxidation sites excluding steroid dienone is 1. The number of carbonyl (C=O) groups is 2. The molecule has 1 heterocycles. The smallest absolute Gasteiger partial charge is 0.322 e. The Hall–Kier alpha value is -3.08. The Kier molecular flexibility index (Phi) is 5.61. The van der Waals surface area contributed by atoms with Crippen molar-refractivity contribution in [2.24, 2.45) is 5.41 Å². The molecule has 0 saturated carbocycles. The molecule has 2 N–H and O–H groups in total. The number of nitrogens with zero attached hydrogens (tertiary/aromatic N) is 1. The SMILES string of the molecule is CCCNC(=O)N1c2ccccc2NC2=C(C(=O)CC(C)(C)C2)[C@@H]1c1ccc(C)cc1. The van der Waals surface area contributed by atoms with E-state index in [1.54, 1.807) is 4.90 Å². The van der Waals surface area contributed by atoms with E-state index in [0.29, 0.717) is 18.5 Å². The number of anilines is 2. The minimum absolute atomic E-state index is 0.102. The summed E-state index contributed by atoms with van der Waals surface area (Å²) >= 11 is 0. The lowest BCUT2D eigenvalue weighted by atomic mass is 9.73. The molecule has 0 fully saturated rings. The molecule has 2 amide bonds. The second-order valence-electron chi connectivity index (χ2n) is 9.39. The maximum Gasteiger partial charge on any atom is 0.322 e. The maximum absolute atomic E-state index is 13.5. The second-order valence-corrected chi connectivity index (χ2v) is 9.39. The highest BCUT2D eigenvalue weighted by molar-refractivity contribution is 6.06. The topological polar surface area (TPSA) is 61.4 Å². The summed E-state index contributed by atoms with van der Waals surface area (Å²) in [5.74, 6) is 0.102. The molecule has 2 aliphatic rings. The Labute approximate surface area is 184 Å². The van der Waals surface area contributed by atoms with E-state index in [2.05, 4.69) is 24.5 Å². The maximum atomic E-state index is 13.5. The lowest BCUT2D eigenvalue weighted by Crippen LogP contribution is -2.45. The third kappa shape index (κ3) is 4.09. The van der Waals surface area contributed by atoms with E-state index in [4.69, 9.17) is 0 Å². The third-order valence-corrected chi connectivity index (χ3v) is 6.04. The molecule has 1 aliphatic heterocycles. The molecule has 0 radical (unpaired) electrons. The molecule has 1 aliphatic carbocycles. The molecule has 0 aromatic heterocycles. The van der Waals surface area contributed by atoms with Gasteiger partial charge in [-0.3, -0.25) is 9.69 Å². The minimum Gasteiger partial charge on any atom is -0.357 e. The van der Waals surface area contributed by atoms with Gasteiger partial charge < -0.3 is 10.6 Å². The van der Waals surface area contributed by atoms with E-state index < -0.39 is 6.04 Å². The van der Waals surface area contributed by atoms with Crippen molar-refractivity contribution >= 4 is 23.2 Å². The summed E-state index contributed by atoms with van der Waals surface area (Å²) in [5, 5.41) is 6.57. The van der Waals surface area contributed by atoms with Gasteiger partial charge in [-0.05, 0) is 42.9 Å². The number of hydrogen-bond acceptors (Lipinski definition) is 3. The zero-order valence-electron chi connectivity index (χ0n) is 18.8. The Balaban J connectivity index is 1.96. The largest absolute Gasteiger partial charge is 0.357 e. The molecular formula is C26H31N3O2. The Morgan fingerprint density at radius 2 is 1.84 bits per heavy atom. The summed E-state index contributed by atoms with van der Waals surface area (Å²) in [6, 6.07) is 15.3. The van der Waals surface area contributed by atoms with Gasteiger partial charge in [0.05, 0.1) is 17.4 Å². The molecule has 0 unspecified atom stereocenters. The number of nitrogens with one attached hydrogen (secondary N) is 2. The zero-order valence-corrected chi connectivity index (χ0v) is 18.8. The average molecular weight is 418 g/mol. The Bertz CT molecular complexity index is 1040. The summed E-state index contributed by atoms with van der Waals surface area (Å²) in [7, 11) is 0. The number of fused-ring (bicyclic) bond motifs is 1. The van der Waals surface area contributed by atoms with Gasteiger partial charge in [0, 0.05) is 24.2 Å². The van der Waals surface area contributed by atoms with Crippen molar-refractivity contribution < 1.29 is 9.59 Å². The van der Waals surface area contributed by atoms with Crippen molar-refractivity contribution in [3.8, 4) is 0 Å². The highest BCUT2D eigenvalue weighted by atomic mass is 16.2. The second kappa shape index (κ2) is 8.22. The fraction of sp³-hybridized carbons (Fsp3) is 0.385. The monoisotopic (exact) mass is 417 g/mol. The van der Waals surface area contributed by atoms with Gasteiger partial charge in [-0.1, -0.05) is 62.7 Å². The molecule has 4 rings (SSSR count). The van der Waals surface area contributed by atoms with Crippen molar-refractivity contribution in [2.75, 3.05) is 16.8 Å². The first-order chi connectivity index (χ1) is 14.8. The summed E-state index contributed by atoms with van der Waals surface area (Å²) in [6.45, 7) is 8.90. The van der Waals surface area contributed by atoms with Gasteiger partial charge in [0.25, 0.3) is 0 Å². The summed E-state index contributed by atoms with van der Waals surface area (Å²) in [5.41, 5.74) is 5.20. The molecule has 2 aromatic carbocycles. The fourth-order valence-electron chi connectivity index (χ4n) is 4.59. The number of rotatable bonds is 3. The van der Waals surface area contributed by atoms with Crippen LogP contribution >= 0.6 is 0 Å². The van der Waals surface area contributed by atoms with Crippen LogP contribution in [0.15, 0.2) is 59.8 Å². The number of aryl methyl sites for hydroxylation is 1. The van der Waals surface area contributed by atoms with Gasteiger partial charge in [0.1, 0.15) is 0 Å². The Morgan fingerprint density at radius 3 is 2.55 bits per heavy atom. The predicted molar refractivity (Wildman–Crippen MR) is 125 cm³/mol. The number of hydrogen-bond donors (Lipinski definition) is 2. The standard InChI is InChI=1S/C26H31N3O2/c1-5-14-27-25(31)29-21-9-7-6-8-19(21)28-20-15-26(3,4)16-22(30)23(20)24(29)18-12-10-17(2)11-13-18/h6-13,24,28H,5,14-16H2,1-4H3,(H,27,31)/t24-/m0/s1. The van der Waals surface area contributed by atoms with Gasteiger partial charge in [-0.15, -0.1) is 0 Å². The first-order valence-corrected chi connectivity index (χ1v) is 11.1. The van der Waals surface area contributed by atoms with E-state index in [0.717, 1.165) is 41.0 Å². The number of carbonyl (C=O) groups excluding carboxylic acids is 2. The van der Waals surface area contributed by atoms with Crippen LogP contribution in [0.3, 0.4) is 0 Å². The normalized spacial score (nSPS) is 19.8. The van der Waals surface area contributed by atoms with Crippen LogP contribution in [0.4, 0.5) is 16.2 Å². The van der Waals surface area contributed by atoms with Crippen LogP contribution in [0.2, 0.25) is 0 Å². The molecule has 2 aromatic rings. The van der Waals surface area contributed by atoms with Gasteiger partial charge in [0.15, 0.2) is 5.78 Å². The van der Waals surface area contributed by atoms with Crippen LogP contribution in [0.25, 0.3) is 0 Å². The van der Waals surface area contributed by atoms with Crippen LogP contribution in [0, 0.1) is 12.3 Å². The van der Waals surface area contributed by atoms with Crippen LogP contribution in [-0.2, 0) is 4.79 Å². The molecule has 31 heavy (non-hydrogen) atoms. The zero-order chi connectivity index (χ0) is 22.2. The first-order valence-electron chi connectivity index (χ1n) is 11.1. The minimum atomic E-state index is -0.479. The van der Waals surface area contributed by atoms with Crippen molar-refractivity contribution in [3.05, 3.63) is 70.9 Å². The lowest BCUT2D eigenvalue weighted by Gasteiger charge is -2.37. The molecule has 5 nitrogen and oxygen atoms in total. The number of urea groups is 1. The van der Waals surface area contributed by atoms with Crippen molar-refractivity contribution in [2.45, 2.75) is 53.0 Å². The number of Topliss-reactive ketones (excluding diaryl/α,β-unsaturated/α-hetero) is 1. The fourth-order valence-corrected chi connectivity index (χ4v) is 4.59. The number of amides is 2. The van der Waals surface area contributed by atoms with Gasteiger partial charge in [0.2, 0.25) is 0 Å². The van der Waals surface area contributed by atoms with Crippen LogP contribution in [0.1, 0.15) is 57.2 Å². The number of benzene rings is 2. The summed E-state index contributed by atoms with van der Waals surface area (Å²) in [4.78, 5) is 28.8. The summed E-state index contributed by atoms with van der Waals surface area (Å²) < 4.78 is 0. The molecule has 0 spiro atoms. The van der Waals surface area contributed by atoms with E-state index in [1.807, 2.05) is 62.4 Å². The average Bonchev–Trinajstić information content (AvgIpc) is 2.86. The predicted octanol–water partition coefficient (Wildman–Crippen LogP) is 5.73. The van der Waals surface area contributed by atoms with Gasteiger partial charge in [-0.25, -0.2) is 4.79 Å². The molecule has 5 heteroatoms. The molecular weight excluding hydrogens is 386 g/mol. The number of para-hydroxylation sites is 2. The quantitative estimate of drug-likeness (QED) is 0.670. The van der Waals surface area contributed by atoms with Crippen LogP contribution in [0.5, 0.6) is 0 Å². The van der Waals surface area contributed by atoms with Crippen LogP contribution in [-0.4, -0.2) is 18.4 Å². The van der Waals surface area contributed by atoms with Crippen molar-refractivity contribution in [1.29, 1.82) is 0 Å². The van der Waals surface area contributed by atoms with Crippen LogP contribution < -0.4 is 15.5 Å². The van der Waals surface area contributed by atoms with Gasteiger partial charge in [-0.2, -0.15) is 0 Å². The first kappa shape index (κ1) is 21.2. The third-order valence-electron chi connectivity index (χ3n) is 6.04. The van der Waals surface area contributed by atoms with Crippen molar-refractivity contribution in [3.63, 3.8) is 0 Å². The van der Waals surface area contributed by atoms with E-state index in [-0.39, 0.29) is 17.2 Å². The lowest BCUT2D eigenvalue weighted by molar-refractivity contribution is -0.118. The molecule has 162 valence electrons. The highest BCUT2D eigenvalue weighted by Crippen LogP contribution is 2.48. The van der Waals surface area contributed by atoms with Gasteiger partial charge >= 0.3 is 6.03 Å². The molecule has 0 saturated heterocycles. The summed E-state index contributed by atoms with van der Waals surface area (Å²) in [6.07, 6.45) is 2.07. The van der Waals surface area contributed by atoms with Crippen molar-refractivity contribution in [1.82, 2.24) is 5.32 Å². The van der Waals surface area contributed by atoms with E-state index in [9.17, 15) is 9.59 Å². The molecule has 0 bridgehead atoms. The Morgan fingerprint density at radius 1 is 1.13 bits per heavy atom. The number of ketones is 1. The van der Waals surface area contributed by atoms with E-state index in [1.165, 1.54) is 0 Å². The molecule has 1 atom stereocenters.